The predicted molar refractivity (Wildman–Crippen MR) is 103 cm³/mol. The molecule has 0 unspecified atom stereocenters. The van der Waals surface area contributed by atoms with Gasteiger partial charge in [0.15, 0.2) is 0 Å². The fourth-order valence-electron chi connectivity index (χ4n) is 2.68. The van der Waals surface area contributed by atoms with Crippen LogP contribution in [0.2, 0.25) is 0 Å². The molecule has 4 aromatic rings. The van der Waals surface area contributed by atoms with Gasteiger partial charge in [0.2, 0.25) is 5.91 Å². The van der Waals surface area contributed by atoms with Gasteiger partial charge >= 0.3 is 0 Å². The van der Waals surface area contributed by atoms with Gasteiger partial charge in [-0.15, -0.1) is 11.3 Å². The maximum Gasteiger partial charge on any atom is 0.230 e. The molecule has 6 heteroatoms. The lowest BCUT2D eigenvalue weighted by Gasteiger charge is -2.05. The van der Waals surface area contributed by atoms with E-state index in [9.17, 15) is 4.79 Å². The maximum atomic E-state index is 12.3. The second kappa shape index (κ2) is 7.41. The highest BCUT2D eigenvalue weighted by atomic mass is 32.1. The summed E-state index contributed by atoms with van der Waals surface area (Å²) < 4.78 is 0. The number of carbonyl (C=O) groups is 1. The van der Waals surface area contributed by atoms with Crippen molar-refractivity contribution in [3.63, 3.8) is 0 Å². The summed E-state index contributed by atoms with van der Waals surface area (Å²) in [5, 5.41) is 6.77. The summed E-state index contributed by atoms with van der Waals surface area (Å²) in [5.74, 6) is -0.100. The Balaban J connectivity index is 1.40. The molecule has 4 rings (SSSR count). The number of fused-ring (bicyclic) bond motifs is 1. The van der Waals surface area contributed by atoms with E-state index in [1.54, 1.807) is 23.7 Å². The number of nitrogens with zero attached hydrogens (tertiary/aromatic N) is 3. The standard InChI is InChI=1S/C20H16N4OS/c25-19(23-16-9-14-5-1-2-7-18(14)22-12-16)10-17-13-26-20(24-17)11-15-6-3-4-8-21-15/h1-9,12-13H,10-11H2,(H,23,25). The SMILES string of the molecule is O=C(Cc1csc(Cc2ccccn2)n1)Nc1cnc2ccccc2c1. The Hall–Kier alpha value is -3.12. The fourth-order valence-corrected chi connectivity index (χ4v) is 3.49. The van der Waals surface area contributed by atoms with Crippen LogP contribution < -0.4 is 5.32 Å². The zero-order valence-electron chi connectivity index (χ0n) is 13.9. The van der Waals surface area contributed by atoms with E-state index in [-0.39, 0.29) is 12.3 Å². The second-order valence-corrected chi connectivity index (χ2v) is 6.81. The molecule has 0 saturated heterocycles. The molecule has 26 heavy (non-hydrogen) atoms. The van der Waals surface area contributed by atoms with Crippen molar-refractivity contribution in [2.24, 2.45) is 0 Å². The van der Waals surface area contributed by atoms with E-state index in [1.807, 2.05) is 53.9 Å². The Bertz CT molecular complexity index is 1050. The van der Waals surface area contributed by atoms with Crippen LogP contribution in [0.15, 0.2) is 66.3 Å². The molecule has 3 aromatic heterocycles. The van der Waals surface area contributed by atoms with Gasteiger partial charge in [-0.25, -0.2) is 4.98 Å². The Kier molecular flexibility index (Phi) is 4.66. The Morgan fingerprint density at radius 2 is 1.92 bits per heavy atom. The van der Waals surface area contributed by atoms with Crippen LogP contribution in [0.25, 0.3) is 10.9 Å². The topological polar surface area (TPSA) is 67.8 Å². The number of amides is 1. The lowest BCUT2D eigenvalue weighted by Crippen LogP contribution is -2.14. The zero-order valence-corrected chi connectivity index (χ0v) is 14.7. The molecule has 1 aromatic carbocycles. The molecule has 0 aliphatic heterocycles. The quantitative estimate of drug-likeness (QED) is 0.587. The molecule has 0 fully saturated rings. The van der Waals surface area contributed by atoms with Crippen molar-refractivity contribution in [2.75, 3.05) is 5.32 Å². The van der Waals surface area contributed by atoms with Crippen molar-refractivity contribution in [1.82, 2.24) is 15.0 Å². The first kappa shape index (κ1) is 16.4. The van der Waals surface area contributed by atoms with Crippen molar-refractivity contribution >= 4 is 33.8 Å². The number of thiazole rings is 1. The van der Waals surface area contributed by atoms with Gasteiger partial charge in [-0.2, -0.15) is 0 Å². The van der Waals surface area contributed by atoms with Crippen LogP contribution in [0.3, 0.4) is 0 Å². The molecule has 3 heterocycles. The molecular weight excluding hydrogens is 344 g/mol. The number of carbonyl (C=O) groups excluding carboxylic acids is 1. The van der Waals surface area contributed by atoms with Crippen LogP contribution >= 0.6 is 11.3 Å². The van der Waals surface area contributed by atoms with E-state index in [2.05, 4.69) is 20.3 Å². The summed E-state index contributed by atoms with van der Waals surface area (Å²) in [7, 11) is 0. The molecule has 128 valence electrons. The highest BCUT2D eigenvalue weighted by Gasteiger charge is 2.09. The van der Waals surface area contributed by atoms with Crippen molar-refractivity contribution in [1.29, 1.82) is 0 Å². The van der Waals surface area contributed by atoms with E-state index in [0.717, 1.165) is 27.3 Å². The van der Waals surface area contributed by atoms with Gasteiger partial charge < -0.3 is 5.32 Å². The molecule has 0 radical (unpaired) electrons. The smallest absolute Gasteiger partial charge is 0.230 e. The van der Waals surface area contributed by atoms with Gasteiger partial charge in [-0.1, -0.05) is 24.3 Å². The summed E-state index contributed by atoms with van der Waals surface area (Å²) in [6.45, 7) is 0. The van der Waals surface area contributed by atoms with Crippen molar-refractivity contribution in [3.05, 3.63) is 82.7 Å². The van der Waals surface area contributed by atoms with Gasteiger partial charge in [0.05, 0.1) is 34.5 Å². The highest BCUT2D eigenvalue weighted by Crippen LogP contribution is 2.17. The number of hydrogen-bond donors (Lipinski definition) is 1. The summed E-state index contributed by atoms with van der Waals surface area (Å²) in [5.41, 5.74) is 3.34. The second-order valence-electron chi connectivity index (χ2n) is 5.87. The summed E-state index contributed by atoms with van der Waals surface area (Å²) >= 11 is 1.55. The molecule has 1 amide bonds. The third kappa shape index (κ3) is 3.92. The minimum atomic E-state index is -0.100. The third-order valence-corrected chi connectivity index (χ3v) is 4.77. The Morgan fingerprint density at radius 1 is 1.04 bits per heavy atom. The molecule has 0 bridgehead atoms. The summed E-state index contributed by atoms with van der Waals surface area (Å²) in [6, 6.07) is 15.6. The third-order valence-electron chi connectivity index (χ3n) is 3.87. The molecule has 0 spiro atoms. The fraction of sp³-hybridized carbons (Fsp3) is 0.100. The van der Waals surface area contributed by atoms with Crippen molar-refractivity contribution in [3.8, 4) is 0 Å². The maximum absolute atomic E-state index is 12.3. The van der Waals surface area contributed by atoms with Crippen LogP contribution in [0.4, 0.5) is 5.69 Å². The lowest BCUT2D eigenvalue weighted by atomic mass is 10.2. The van der Waals surface area contributed by atoms with Gasteiger partial charge in [0, 0.05) is 29.1 Å². The molecule has 0 saturated carbocycles. The van der Waals surface area contributed by atoms with Crippen molar-refractivity contribution in [2.45, 2.75) is 12.8 Å². The van der Waals surface area contributed by atoms with Crippen LogP contribution in [-0.2, 0) is 17.6 Å². The molecule has 5 nitrogen and oxygen atoms in total. The largest absolute Gasteiger partial charge is 0.324 e. The molecule has 0 aliphatic carbocycles. The first-order valence-corrected chi connectivity index (χ1v) is 9.12. The van der Waals surface area contributed by atoms with Crippen LogP contribution in [0.5, 0.6) is 0 Å². The first-order chi connectivity index (χ1) is 12.8. The normalized spacial score (nSPS) is 10.8. The number of aromatic nitrogens is 3. The van der Waals surface area contributed by atoms with Crippen LogP contribution in [0.1, 0.15) is 16.4 Å². The van der Waals surface area contributed by atoms with Crippen molar-refractivity contribution < 1.29 is 4.79 Å². The number of hydrogen-bond acceptors (Lipinski definition) is 5. The van der Waals surface area contributed by atoms with Gasteiger partial charge in [0.25, 0.3) is 0 Å². The number of para-hydroxylation sites is 1. The number of benzene rings is 1. The highest BCUT2D eigenvalue weighted by molar-refractivity contribution is 7.09. The zero-order chi connectivity index (χ0) is 17.8. The number of nitrogens with one attached hydrogen (secondary N) is 1. The Morgan fingerprint density at radius 3 is 2.81 bits per heavy atom. The average Bonchev–Trinajstić information content (AvgIpc) is 3.09. The number of rotatable bonds is 5. The monoisotopic (exact) mass is 360 g/mol. The predicted octanol–water partition coefficient (Wildman–Crippen LogP) is 3.86. The molecule has 0 aliphatic rings. The van der Waals surface area contributed by atoms with Crippen LogP contribution in [-0.4, -0.2) is 20.9 Å². The average molecular weight is 360 g/mol. The minimum Gasteiger partial charge on any atom is -0.324 e. The molecular formula is C20H16N4OS. The summed E-state index contributed by atoms with van der Waals surface area (Å²) in [4.78, 5) is 25.5. The molecule has 0 atom stereocenters. The molecule has 1 N–H and O–H groups in total. The van der Waals surface area contributed by atoms with E-state index in [0.29, 0.717) is 12.1 Å². The Labute approximate surface area is 154 Å². The lowest BCUT2D eigenvalue weighted by molar-refractivity contribution is -0.115. The number of anilines is 1. The number of pyridine rings is 2. The van der Waals surface area contributed by atoms with Gasteiger partial charge in [-0.05, 0) is 24.3 Å². The summed E-state index contributed by atoms with van der Waals surface area (Å²) in [6.07, 6.45) is 4.37. The van der Waals surface area contributed by atoms with E-state index >= 15 is 0 Å². The van der Waals surface area contributed by atoms with E-state index in [1.165, 1.54) is 0 Å². The van der Waals surface area contributed by atoms with E-state index in [4.69, 9.17) is 0 Å². The first-order valence-electron chi connectivity index (χ1n) is 8.24. The minimum absolute atomic E-state index is 0.100. The van der Waals surface area contributed by atoms with Gasteiger partial charge in [-0.3, -0.25) is 14.8 Å². The van der Waals surface area contributed by atoms with Gasteiger partial charge in [0.1, 0.15) is 0 Å². The van der Waals surface area contributed by atoms with E-state index < -0.39 is 0 Å². The van der Waals surface area contributed by atoms with Crippen LogP contribution in [0, 0.1) is 0 Å².